The highest BCUT2D eigenvalue weighted by molar-refractivity contribution is 5.80. The van der Waals surface area contributed by atoms with Gasteiger partial charge in [-0.1, -0.05) is 6.07 Å². The maximum absolute atomic E-state index is 13.9. The monoisotopic (exact) mass is 591 g/mol. The first-order valence-electron chi connectivity index (χ1n) is 12.9. The van der Waals surface area contributed by atoms with Crippen LogP contribution in [0.2, 0.25) is 0 Å². The molecule has 2 aromatic carbocycles. The van der Waals surface area contributed by atoms with E-state index in [4.69, 9.17) is 0 Å². The topological polar surface area (TPSA) is 72.9 Å². The Labute approximate surface area is 233 Å². The number of aliphatic hydroxyl groups excluding tert-OH is 1. The fourth-order valence-corrected chi connectivity index (χ4v) is 5.11. The van der Waals surface area contributed by atoms with Crippen molar-refractivity contribution in [3.63, 3.8) is 0 Å². The summed E-state index contributed by atoms with van der Waals surface area (Å²) in [6.07, 6.45) is -10.9. The van der Waals surface area contributed by atoms with E-state index < -0.39 is 65.1 Å². The molecule has 0 saturated carbocycles. The van der Waals surface area contributed by atoms with E-state index in [0.717, 1.165) is 4.90 Å². The van der Waals surface area contributed by atoms with E-state index in [1.807, 2.05) is 0 Å². The summed E-state index contributed by atoms with van der Waals surface area (Å²) >= 11 is 0. The fourth-order valence-electron chi connectivity index (χ4n) is 5.11. The molecule has 1 aliphatic rings. The van der Waals surface area contributed by atoms with Gasteiger partial charge in [-0.05, 0) is 74.2 Å². The molecule has 0 spiro atoms. The Morgan fingerprint density at radius 1 is 1.05 bits per heavy atom. The molecule has 41 heavy (non-hydrogen) atoms. The van der Waals surface area contributed by atoms with Gasteiger partial charge in [0.05, 0.1) is 29.7 Å². The zero-order valence-corrected chi connectivity index (χ0v) is 22.9. The first-order chi connectivity index (χ1) is 18.9. The van der Waals surface area contributed by atoms with E-state index >= 15 is 0 Å². The molecular weight excluding hydrogens is 559 g/mol. The standard InChI is InChI=1S/C28H32F7N3O3/c1-15-9-21(29)5-6-22(15)24-14-38(36-25(40)10-16(2)39)8-7-23(24)26(41)37(4)17(3)18-11-19(27(30,31)32)13-20(12-18)28(33,34)35/h5-6,9,11-13,16-17,23-24,39H,7-8,10,14H2,1-4H3,(H,36,40)/t16-,17+,23+,24-/m1/s1. The smallest absolute Gasteiger partial charge is 0.393 e. The number of halogens is 7. The van der Waals surface area contributed by atoms with Crippen molar-refractivity contribution in [1.82, 2.24) is 15.3 Å². The van der Waals surface area contributed by atoms with Crippen LogP contribution in [0.25, 0.3) is 0 Å². The second-order valence-corrected chi connectivity index (χ2v) is 10.5. The minimum Gasteiger partial charge on any atom is -0.393 e. The number of rotatable bonds is 7. The van der Waals surface area contributed by atoms with Gasteiger partial charge in [0, 0.05) is 32.0 Å². The number of amides is 2. The minimum absolute atomic E-state index is 0.0347. The number of aryl methyl sites for hydroxylation is 1. The number of hydrogen-bond acceptors (Lipinski definition) is 4. The van der Waals surface area contributed by atoms with Crippen molar-refractivity contribution in [1.29, 1.82) is 0 Å². The molecule has 226 valence electrons. The molecule has 1 aliphatic heterocycles. The van der Waals surface area contributed by atoms with Crippen molar-refractivity contribution < 1.29 is 45.4 Å². The molecule has 6 nitrogen and oxygen atoms in total. The predicted octanol–water partition coefficient (Wildman–Crippen LogP) is 5.60. The molecule has 1 saturated heterocycles. The van der Waals surface area contributed by atoms with E-state index in [2.05, 4.69) is 5.43 Å². The number of aliphatic hydroxyl groups is 1. The second-order valence-electron chi connectivity index (χ2n) is 10.5. The number of carbonyl (C=O) groups excluding carboxylic acids is 2. The molecule has 13 heteroatoms. The number of nitrogens with zero attached hydrogens (tertiary/aromatic N) is 2. The maximum atomic E-state index is 13.9. The lowest BCUT2D eigenvalue weighted by molar-refractivity contribution is -0.143. The summed E-state index contributed by atoms with van der Waals surface area (Å²) in [7, 11) is 1.31. The molecule has 2 N–H and O–H groups in total. The summed E-state index contributed by atoms with van der Waals surface area (Å²) in [6, 6.07) is 4.12. The number of carbonyl (C=O) groups is 2. The first-order valence-corrected chi connectivity index (χ1v) is 12.9. The molecule has 3 rings (SSSR count). The van der Waals surface area contributed by atoms with Crippen LogP contribution in [0.15, 0.2) is 36.4 Å². The second kappa shape index (κ2) is 12.4. The molecule has 0 radical (unpaired) electrons. The highest BCUT2D eigenvalue weighted by Gasteiger charge is 2.41. The predicted molar refractivity (Wildman–Crippen MR) is 136 cm³/mol. The van der Waals surface area contributed by atoms with E-state index in [9.17, 15) is 45.4 Å². The van der Waals surface area contributed by atoms with E-state index in [-0.39, 0.29) is 37.6 Å². The summed E-state index contributed by atoms with van der Waals surface area (Å²) in [4.78, 5) is 27.1. The van der Waals surface area contributed by atoms with Gasteiger partial charge >= 0.3 is 12.4 Å². The van der Waals surface area contributed by atoms with Crippen molar-refractivity contribution in [2.75, 3.05) is 20.1 Å². The summed E-state index contributed by atoms with van der Waals surface area (Å²) in [5.74, 6) is -2.83. The molecule has 4 atom stereocenters. The summed E-state index contributed by atoms with van der Waals surface area (Å²) in [5, 5.41) is 11.1. The van der Waals surface area contributed by atoms with Crippen molar-refractivity contribution in [2.45, 2.75) is 64.0 Å². The van der Waals surface area contributed by atoms with Gasteiger partial charge < -0.3 is 10.0 Å². The zero-order valence-electron chi connectivity index (χ0n) is 22.9. The van der Waals surface area contributed by atoms with Crippen LogP contribution in [0.5, 0.6) is 0 Å². The number of nitrogens with one attached hydrogen (secondary N) is 1. The largest absolute Gasteiger partial charge is 0.416 e. The number of hydrogen-bond donors (Lipinski definition) is 2. The molecule has 0 bridgehead atoms. The van der Waals surface area contributed by atoms with Gasteiger partial charge in [-0.3, -0.25) is 15.0 Å². The van der Waals surface area contributed by atoms with Crippen LogP contribution in [-0.2, 0) is 21.9 Å². The van der Waals surface area contributed by atoms with Gasteiger partial charge in [-0.2, -0.15) is 26.3 Å². The molecular formula is C28H32F7N3O3. The number of hydrazine groups is 1. The average molecular weight is 592 g/mol. The highest BCUT2D eigenvalue weighted by Crippen LogP contribution is 2.40. The van der Waals surface area contributed by atoms with E-state index in [1.54, 1.807) is 11.9 Å². The van der Waals surface area contributed by atoms with Crippen LogP contribution in [0.3, 0.4) is 0 Å². The summed E-state index contributed by atoms with van der Waals surface area (Å²) in [6.45, 7) is 4.78. The first kappa shape index (κ1) is 32.3. The van der Waals surface area contributed by atoms with Crippen LogP contribution in [0, 0.1) is 18.7 Å². The van der Waals surface area contributed by atoms with Gasteiger partial charge in [-0.25, -0.2) is 9.40 Å². The molecule has 2 amide bonds. The third kappa shape index (κ3) is 7.97. The lowest BCUT2D eigenvalue weighted by Crippen LogP contribution is -2.52. The van der Waals surface area contributed by atoms with Crippen molar-refractivity contribution in [3.8, 4) is 0 Å². The third-order valence-corrected chi connectivity index (χ3v) is 7.35. The molecule has 0 aliphatic carbocycles. The lowest BCUT2D eigenvalue weighted by atomic mass is 9.78. The van der Waals surface area contributed by atoms with Crippen molar-refractivity contribution in [2.24, 2.45) is 5.92 Å². The Morgan fingerprint density at radius 2 is 1.63 bits per heavy atom. The quantitative estimate of drug-likeness (QED) is 0.412. The van der Waals surface area contributed by atoms with Crippen LogP contribution in [-0.4, -0.2) is 53.1 Å². The summed E-state index contributed by atoms with van der Waals surface area (Å²) in [5.41, 5.74) is 0.542. The number of alkyl halides is 6. The fraction of sp³-hybridized carbons (Fsp3) is 0.500. The Kier molecular flexibility index (Phi) is 9.74. The van der Waals surface area contributed by atoms with Gasteiger partial charge in [0.25, 0.3) is 0 Å². The van der Waals surface area contributed by atoms with Crippen LogP contribution >= 0.6 is 0 Å². The Morgan fingerprint density at radius 3 is 2.15 bits per heavy atom. The number of benzene rings is 2. The zero-order chi connectivity index (χ0) is 30.9. The van der Waals surface area contributed by atoms with E-state index in [1.165, 1.54) is 39.1 Å². The maximum Gasteiger partial charge on any atom is 0.416 e. The van der Waals surface area contributed by atoms with Crippen LogP contribution in [0.4, 0.5) is 30.7 Å². The Hall–Kier alpha value is -3.19. The van der Waals surface area contributed by atoms with Crippen LogP contribution in [0.1, 0.15) is 66.5 Å². The normalized spacial score (nSPS) is 19.9. The van der Waals surface area contributed by atoms with E-state index in [0.29, 0.717) is 23.3 Å². The lowest BCUT2D eigenvalue weighted by Gasteiger charge is -2.41. The average Bonchev–Trinajstić information content (AvgIpc) is 2.85. The summed E-state index contributed by atoms with van der Waals surface area (Å²) < 4.78 is 94.4. The highest BCUT2D eigenvalue weighted by atomic mass is 19.4. The SMILES string of the molecule is Cc1cc(F)ccc1[C@H]1CN(NC(=O)C[C@@H](C)O)CC[C@@H]1C(=O)N(C)[C@@H](C)c1cc(C(F)(F)F)cc(C(F)(F)F)c1. The van der Waals surface area contributed by atoms with Crippen LogP contribution < -0.4 is 5.43 Å². The van der Waals surface area contributed by atoms with Gasteiger partial charge in [-0.15, -0.1) is 0 Å². The van der Waals surface area contributed by atoms with Gasteiger partial charge in [0.2, 0.25) is 11.8 Å². The molecule has 0 aromatic heterocycles. The Balaban J connectivity index is 1.94. The van der Waals surface area contributed by atoms with Gasteiger partial charge in [0.15, 0.2) is 0 Å². The minimum atomic E-state index is -5.03. The van der Waals surface area contributed by atoms with Crippen molar-refractivity contribution in [3.05, 3.63) is 70.0 Å². The Bertz CT molecular complexity index is 1230. The third-order valence-electron chi connectivity index (χ3n) is 7.35. The van der Waals surface area contributed by atoms with Crippen molar-refractivity contribution >= 4 is 11.8 Å². The molecule has 0 unspecified atom stereocenters. The molecule has 1 heterocycles. The molecule has 2 aromatic rings. The van der Waals surface area contributed by atoms with Gasteiger partial charge in [0.1, 0.15) is 5.82 Å². The molecule has 1 fully saturated rings. The number of piperidine rings is 1.